The number of ether oxygens (including phenoxy) is 1. The third-order valence-electron chi connectivity index (χ3n) is 6.02. The number of anilines is 2. The van der Waals surface area contributed by atoms with Crippen LogP contribution in [-0.2, 0) is 17.8 Å². The van der Waals surface area contributed by atoms with E-state index in [-0.39, 0.29) is 0 Å². The summed E-state index contributed by atoms with van der Waals surface area (Å²) in [6, 6.07) is 26.1. The molecule has 1 atom stereocenters. The van der Waals surface area contributed by atoms with Crippen molar-refractivity contribution in [1.82, 2.24) is 15.3 Å². The summed E-state index contributed by atoms with van der Waals surface area (Å²) in [5, 5.41) is 19.2. The molecule has 5 rings (SSSR count). The normalized spacial score (nSPS) is 13.2. The van der Waals surface area contributed by atoms with Crippen LogP contribution in [0.4, 0.5) is 11.5 Å². The molecule has 1 aromatic heterocycles. The van der Waals surface area contributed by atoms with E-state index in [0.29, 0.717) is 24.5 Å². The average molecular weight is 509 g/mol. The molecule has 0 saturated carbocycles. The molecular weight excluding hydrogens is 480 g/mol. The summed E-state index contributed by atoms with van der Waals surface area (Å²) in [4.78, 5) is 24.9. The second kappa shape index (κ2) is 11.9. The fraction of sp³-hybridized carbons (Fsp3) is 0.172. The van der Waals surface area contributed by atoms with Gasteiger partial charge in [-0.3, -0.25) is 4.99 Å². The number of carboxylic acid groups (broad SMARTS) is 1. The maximum Gasteiger partial charge on any atom is 0.326 e. The highest BCUT2D eigenvalue weighted by atomic mass is 16.5. The fourth-order valence-corrected chi connectivity index (χ4v) is 4.01. The Morgan fingerprint density at radius 1 is 0.974 bits per heavy atom. The number of hydrogen-bond donors (Lipinski definition) is 4. The Kier molecular flexibility index (Phi) is 7.74. The van der Waals surface area contributed by atoms with Crippen LogP contribution in [-0.4, -0.2) is 46.1 Å². The van der Waals surface area contributed by atoms with Crippen molar-refractivity contribution < 1.29 is 14.6 Å². The van der Waals surface area contributed by atoms with Gasteiger partial charge in [-0.1, -0.05) is 42.5 Å². The Bertz CT molecular complexity index is 1390. The van der Waals surface area contributed by atoms with Crippen LogP contribution in [0.25, 0.3) is 11.3 Å². The highest BCUT2D eigenvalue weighted by molar-refractivity contribution is 5.94. The van der Waals surface area contributed by atoms with Crippen molar-refractivity contribution in [3.8, 4) is 17.0 Å². The summed E-state index contributed by atoms with van der Waals surface area (Å²) in [6.07, 6.45) is 1.72. The lowest BCUT2D eigenvalue weighted by Crippen LogP contribution is -2.32. The number of benzene rings is 3. The number of guanidine groups is 1. The number of hydrogen-bond acceptors (Lipinski definition) is 8. The Labute approximate surface area is 220 Å². The van der Waals surface area contributed by atoms with Crippen LogP contribution in [0.5, 0.6) is 5.75 Å². The Morgan fingerprint density at radius 3 is 2.47 bits per heavy atom. The summed E-state index contributed by atoms with van der Waals surface area (Å²) in [6.45, 7) is 2.07. The molecule has 4 aromatic rings. The van der Waals surface area contributed by atoms with E-state index >= 15 is 0 Å². The lowest BCUT2D eigenvalue weighted by atomic mass is 10.1. The predicted molar refractivity (Wildman–Crippen MR) is 147 cm³/mol. The van der Waals surface area contributed by atoms with Crippen LogP contribution in [0, 0.1) is 0 Å². The molecule has 0 saturated heterocycles. The molecule has 0 unspecified atom stereocenters. The molecule has 0 aliphatic carbocycles. The van der Waals surface area contributed by atoms with Crippen molar-refractivity contribution in [2.45, 2.75) is 19.1 Å². The zero-order valence-corrected chi connectivity index (χ0v) is 20.7. The van der Waals surface area contributed by atoms with Crippen LogP contribution in [0.2, 0.25) is 0 Å². The first-order valence-corrected chi connectivity index (χ1v) is 12.4. The molecular formula is C29H28N6O3. The molecule has 4 N–H and O–H groups in total. The molecule has 0 spiro atoms. The van der Waals surface area contributed by atoms with Crippen LogP contribution in [0.15, 0.2) is 96.2 Å². The third kappa shape index (κ3) is 6.64. The van der Waals surface area contributed by atoms with Gasteiger partial charge in [-0.2, -0.15) is 0 Å². The van der Waals surface area contributed by atoms with Gasteiger partial charge in [-0.25, -0.2) is 14.8 Å². The topological polar surface area (TPSA) is 121 Å². The van der Waals surface area contributed by atoms with Gasteiger partial charge in [0.1, 0.15) is 30.5 Å². The van der Waals surface area contributed by atoms with Gasteiger partial charge in [-0.15, -0.1) is 0 Å². The van der Waals surface area contributed by atoms with Crippen molar-refractivity contribution >= 4 is 23.4 Å². The minimum atomic E-state index is -0.961. The summed E-state index contributed by atoms with van der Waals surface area (Å²) in [5.41, 5.74) is 4.43. The SMILES string of the molecule is O=C(O)[C@H](Cc1ccc(NC2=NCCN2)cc1)Nc1cc(-c2ccc(OCc3ccccc3)cc2)ncn1. The summed E-state index contributed by atoms with van der Waals surface area (Å²) in [5.74, 6) is 0.980. The molecule has 38 heavy (non-hydrogen) atoms. The molecule has 0 bridgehead atoms. The molecule has 1 aliphatic rings. The number of carbonyl (C=O) groups is 1. The van der Waals surface area contributed by atoms with E-state index in [4.69, 9.17) is 4.74 Å². The lowest BCUT2D eigenvalue weighted by Gasteiger charge is -2.16. The average Bonchev–Trinajstić information content (AvgIpc) is 3.47. The zero-order valence-electron chi connectivity index (χ0n) is 20.7. The highest BCUT2D eigenvalue weighted by Gasteiger charge is 2.19. The number of aliphatic imine (C=N–C) groups is 1. The number of rotatable bonds is 10. The van der Waals surface area contributed by atoms with E-state index < -0.39 is 12.0 Å². The van der Waals surface area contributed by atoms with Gasteiger partial charge in [0.25, 0.3) is 0 Å². The molecule has 9 nitrogen and oxygen atoms in total. The molecule has 2 heterocycles. The fourth-order valence-electron chi connectivity index (χ4n) is 4.01. The van der Waals surface area contributed by atoms with E-state index in [2.05, 4.69) is 30.9 Å². The van der Waals surface area contributed by atoms with E-state index in [1.165, 1.54) is 6.33 Å². The van der Waals surface area contributed by atoms with Crippen molar-refractivity contribution in [3.05, 3.63) is 102 Å². The maximum atomic E-state index is 12.0. The molecule has 0 amide bonds. The summed E-state index contributed by atoms with van der Waals surface area (Å²) in [7, 11) is 0. The molecule has 9 heteroatoms. The van der Waals surface area contributed by atoms with Crippen molar-refractivity contribution in [2.24, 2.45) is 4.99 Å². The molecule has 0 radical (unpaired) electrons. The van der Waals surface area contributed by atoms with Gasteiger partial charge >= 0.3 is 5.97 Å². The van der Waals surface area contributed by atoms with Gasteiger partial charge in [0, 0.05) is 30.3 Å². The summed E-state index contributed by atoms with van der Waals surface area (Å²) >= 11 is 0. The molecule has 1 aliphatic heterocycles. The smallest absolute Gasteiger partial charge is 0.326 e. The minimum absolute atomic E-state index is 0.293. The van der Waals surface area contributed by atoms with E-state index in [1.54, 1.807) is 6.07 Å². The van der Waals surface area contributed by atoms with Gasteiger partial charge in [-0.05, 0) is 47.5 Å². The molecule has 192 valence electrons. The molecule has 0 fully saturated rings. The second-order valence-electron chi connectivity index (χ2n) is 8.81. The number of aliphatic carboxylic acids is 1. The highest BCUT2D eigenvalue weighted by Crippen LogP contribution is 2.23. The van der Waals surface area contributed by atoms with Crippen LogP contribution in [0.3, 0.4) is 0 Å². The van der Waals surface area contributed by atoms with Gasteiger partial charge in [0.2, 0.25) is 0 Å². The Hall–Kier alpha value is -4.92. The first-order chi connectivity index (χ1) is 18.6. The monoisotopic (exact) mass is 508 g/mol. The maximum absolute atomic E-state index is 12.0. The van der Waals surface area contributed by atoms with Gasteiger partial charge < -0.3 is 25.8 Å². The van der Waals surface area contributed by atoms with Crippen molar-refractivity contribution in [3.63, 3.8) is 0 Å². The van der Waals surface area contributed by atoms with Gasteiger partial charge in [0.15, 0.2) is 5.96 Å². The predicted octanol–water partition coefficient (Wildman–Crippen LogP) is 4.20. The first-order valence-electron chi connectivity index (χ1n) is 12.4. The molecule has 3 aromatic carbocycles. The number of carboxylic acids is 1. The number of nitrogens with one attached hydrogen (secondary N) is 3. The Balaban J connectivity index is 1.21. The summed E-state index contributed by atoms with van der Waals surface area (Å²) < 4.78 is 5.86. The Morgan fingerprint density at radius 2 is 1.76 bits per heavy atom. The number of nitrogens with zero attached hydrogens (tertiary/aromatic N) is 3. The largest absolute Gasteiger partial charge is 0.489 e. The van der Waals surface area contributed by atoms with E-state index in [1.807, 2.05) is 78.9 Å². The van der Waals surface area contributed by atoms with E-state index in [9.17, 15) is 9.90 Å². The zero-order chi connectivity index (χ0) is 26.2. The standard InChI is InChI=1S/C29H28N6O3/c36-28(37)26(16-20-6-10-23(11-7-20)34-29-30-14-15-31-29)35-27-17-25(32-19-33-27)22-8-12-24(13-9-22)38-18-21-4-2-1-3-5-21/h1-13,17,19,26H,14-16,18H2,(H,36,37)(H2,30,31,34)(H,32,33,35)/t26-/m0/s1. The van der Waals surface area contributed by atoms with Crippen molar-refractivity contribution in [1.29, 1.82) is 0 Å². The van der Waals surface area contributed by atoms with Crippen LogP contribution in [0.1, 0.15) is 11.1 Å². The second-order valence-corrected chi connectivity index (χ2v) is 8.81. The van der Waals surface area contributed by atoms with Crippen LogP contribution >= 0.6 is 0 Å². The first kappa shape index (κ1) is 24.8. The van der Waals surface area contributed by atoms with Gasteiger partial charge in [0.05, 0.1) is 12.2 Å². The van der Waals surface area contributed by atoms with E-state index in [0.717, 1.165) is 47.2 Å². The van der Waals surface area contributed by atoms with Crippen LogP contribution < -0.4 is 20.7 Å². The third-order valence-corrected chi connectivity index (χ3v) is 6.02. The number of aromatic nitrogens is 2. The quantitative estimate of drug-likeness (QED) is 0.252. The van der Waals surface area contributed by atoms with Crippen molar-refractivity contribution in [2.75, 3.05) is 23.7 Å². The minimum Gasteiger partial charge on any atom is -0.489 e. The lowest BCUT2D eigenvalue weighted by molar-refractivity contribution is -0.137.